The van der Waals surface area contributed by atoms with Crippen LogP contribution in [-0.4, -0.2) is 33.6 Å². The number of amides is 1. The molecule has 0 saturated heterocycles. The number of fused-ring (bicyclic) bond motifs is 1. The second kappa shape index (κ2) is 6.96. The number of halogens is 1. The topological polar surface area (TPSA) is 71.8 Å². The average Bonchev–Trinajstić information content (AvgIpc) is 2.60. The highest BCUT2D eigenvalue weighted by Crippen LogP contribution is 2.26. The van der Waals surface area contributed by atoms with E-state index < -0.39 is 17.1 Å². The summed E-state index contributed by atoms with van der Waals surface area (Å²) < 4.78 is 20.1. The van der Waals surface area contributed by atoms with Gasteiger partial charge in [0, 0.05) is 25.7 Å². The van der Waals surface area contributed by atoms with Gasteiger partial charge in [-0.2, -0.15) is 0 Å². The lowest BCUT2D eigenvalue weighted by Gasteiger charge is -2.31. The third-order valence-corrected chi connectivity index (χ3v) is 4.07. The third kappa shape index (κ3) is 3.35. The smallest absolute Gasteiger partial charge is 0.274 e. The number of nitrogens with zero attached hydrogens (tertiary/aromatic N) is 2. The van der Waals surface area contributed by atoms with Crippen molar-refractivity contribution in [3.63, 3.8) is 0 Å². The van der Waals surface area contributed by atoms with E-state index in [1.165, 1.54) is 27.7 Å². The summed E-state index contributed by atoms with van der Waals surface area (Å²) >= 11 is 0. The van der Waals surface area contributed by atoms with Gasteiger partial charge in [-0.25, -0.2) is 4.39 Å². The van der Waals surface area contributed by atoms with Crippen molar-refractivity contribution in [2.24, 2.45) is 0 Å². The Bertz CT molecular complexity index is 845. The molecule has 1 aliphatic rings. The van der Waals surface area contributed by atoms with Crippen molar-refractivity contribution in [3.05, 3.63) is 57.6 Å². The first-order valence-electron chi connectivity index (χ1n) is 8.14. The van der Waals surface area contributed by atoms with Crippen molar-refractivity contribution in [2.45, 2.75) is 26.4 Å². The number of benzene rings is 1. The Kier molecular flexibility index (Phi) is 4.74. The number of aromatic nitrogens is 1. The second-order valence-electron chi connectivity index (χ2n) is 5.90. The zero-order chi connectivity index (χ0) is 18.0. The van der Waals surface area contributed by atoms with Crippen LogP contribution < -0.4 is 10.2 Å². The molecule has 0 aliphatic carbocycles. The van der Waals surface area contributed by atoms with Crippen LogP contribution in [0.4, 0.5) is 4.39 Å². The van der Waals surface area contributed by atoms with Gasteiger partial charge < -0.3 is 19.3 Å². The Balaban J connectivity index is 1.92. The summed E-state index contributed by atoms with van der Waals surface area (Å²) in [5.41, 5.74) is 0.0599. The largest absolute Gasteiger partial charge is 0.503 e. The van der Waals surface area contributed by atoms with Crippen LogP contribution in [0.25, 0.3) is 0 Å². The maximum atomic E-state index is 13.0. The van der Waals surface area contributed by atoms with Gasteiger partial charge in [0.1, 0.15) is 5.82 Å². The molecule has 1 aromatic carbocycles. The monoisotopic (exact) mass is 346 g/mol. The SMILES string of the molecule is CCCOc1cc(=O)c(O)c2n1CCN(Cc1ccc(F)cc1)C2=O. The van der Waals surface area contributed by atoms with E-state index >= 15 is 0 Å². The maximum Gasteiger partial charge on any atom is 0.274 e. The van der Waals surface area contributed by atoms with Gasteiger partial charge in [-0.1, -0.05) is 19.1 Å². The number of carbonyl (C=O) groups excluding carboxylic acids is 1. The highest BCUT2D eigenvalue weighted by Gasteiger charge is 2.30. The first-order valence-corrected chi connectivity index (χ1v) is 8.14. The normalized spacial score (nSPS) is 13.7. The Hall–Kier alpha value is -2.83. The van der Waals surface area contributed by atoms with Crippen LogP contribution in [0.15, 0.2) is 35.1 Å². The minimum atomic E-state index is -0.644. The van der Waals surface area contributed by atoms with Crippen LogP contribution >= 0.6 is 0 Å². The summed E-state index contributed by atoms with van der Waals surface area (Å²) in [4.78, 5) is 26.3. The number of rotatable bonds is 5. The summed E-state index contributed by atoms with van der Waals surface area (Å²) in [6, 6.07) is 7.07. The maximum absolute atomic E-state index is 13.0. The molecule has 7 heteroatoms. The number of hydrogen-bond acceptors (Lipinski definition) is 4. The van der Waals surface area contributed by atoms with Crippen LogP contribution in [0.3, 0.4) is 0 Å². The van der Waals surface area contributed by atoms with Gasteiger partial charge in [0.15, 0.2) is 17.3 Å². The standard InChI is InChI=1S/C18H19FN2O4/c1-2-9-25-15-10-14(22)17(23)16-18(24)20(7-8-21(15)16)11-12-3-5-13(19)6-4-12/h3-6,10,23H,2,7-9,11H2,1H3. The molecule has 6 nitrogen and oxygen atoms in total. The number of hydrogen-bond donors (Lipinski definition) is 1. The molecule has 25 heavy (non-hydrogen) atoms. The molecule has 0 atom stereocenters. The van der Waals surface area contributed by atoms with Gasteiger partial charge >= 0.3 is 0 Å². The molecule has 1 aliphatic heterocycles. The van der Waals surface area contributed by atoms with Crippen molar-refractivity contribution in [3.8, 4) is 11.6 Å². The zero-order valence-electron chi connectivity index (χ0n) is 13.9. The van der Waals surface area contributed by atoms with E-state index in [1.54, 1.807) is 12.1 Å². The molecule has 0 unspecified atom stereocenters. The van der Waals surface area contributed by atoms with Crippen LogP contribution in [0.1, 0.15) is 29.4 Å². The van der Waals surface area contributed by atoms with Gasteiger partial charge in [0.05, 0.1) is 6.61 Å². The Morgan fingerprint density at radius 1 is 1.20 bits per heavy atom. The van der Waals surface area contributed by atoms with Crippen LogP contribution in [0, 0.1) is 5.82 Å². The first-order chi connectivity index (χ1) is 12.0. The molecule has 1 aromatic heterocycles. The van der Waals surface area contributed by atoms with Gasteiger partial charge in [0.2, 0.25) is 5.43 Å². The minimum absolute atomic E-state index is 0.0630. The molecule has 3 rings (SSSR count). The molecule has 0 fully saturated rings. The summed E-state index contributed by atoms with van der Waals surface area (Å²) in [6.07, 6.45) is 0.759. The van der Waals surface area contributed by atoms with E-state index in [0.717, 1.165) is 12.0 Å². The summed E-state index contributed by atoms with van der Waals surface area (Å²) in [5.74, 6) is -1.08. The molecule has 0 radical (unpaired) electrons. The quantitative estimate of drug-likeness (QED) is 0.900. The molecule has 2 heterocycles. The van der Waals surface area contributed by atoms with E-state index in [2.05, 4.69) is 0 Å². The fourth-order valence-electron chi connectivity index (χ4n) is 2.81. The Morgan fingerprint density at radius 3 is 2.60 bits per heavy atom. The van der Waals surface area contributed by atoms with Gasteiger partial charge in [-0.15, -0.1) is 0 Å². The van der Waals surface area contributed by atoms with Gasteiger partial charge in [-0.3, -0.25) is 9.59 Å². The number of carbonyl (C=O) groups is 1. The molecular formula is C18H19FN2O4. The third-order valence-electron chi connectivity index (χ3n) is 4.07. The van der Waals surface area contributed by atoms with Crippen molar-refractivity contribution in [1.82, 2.24) is 9.47 Å². The fourth-order valence-corrected chi connectivity index (χ4v) is 2.81. The zero-order valence-corrected chi connectivity index (χ0v) is 13.9. The highest BCUT2D eigenvalue weighted by molar-refractivity contribution is 5.96. The summed E-state index contributed by atoms with van der Waals surface area (Å²) in [7, 11) is 0. The van der Waals surface area contributed by atoms with Crippen molar-refractivity contribution < 1.29 is 19.0 Å². The number of pyridine rings is 1. The van der Waals surface area contributed by atoms with E-state index in [-0.39, 0.29) is 23.9 Å². The average molecular weight is 346 g/mol. The highest BCUT2D eigenvalue weighted by atomic mass is 19.1. The molecular weight excluding hydrogens is 327 g/mol. The predicted molar refractivity (Wildman–Crippen MR) is 89.3 cm³/mol. The summed E-state index contributed by atoms with van der Waals surface area (Å²) in [6.45, 7) is 3.41. The second-order valence-corrected chi connectivity index (χ2v) is 5.90. The minimum Gasteiger partial charge on any atom is -0.503 e. The van der Waals surface area contributed by atoms with E-state index in [1.807, 2.05) is 6.92 Å². The van der Waals surface area contributed by atoms with Crippen LogP contribution in [-0.2, 0) is 13.1 Å². The number of ether oxygens (including phenoxy) is 1. The number of aromatic hydroxyl groups is 1. The van der Waals surface area contributed by atoms with E-state index in [4.69, 9.17) is 4.74 Å². The predicted octanol–water partition coefficient (Wildman–Crippen LogP) is 2.14. The summed E-state index contributed by atoms with van der Waals surface area (Å²) in [5, 5.41) is 10.1. The van der Waals surface area contributed by atoms with Crippen LogP contribution in [0.5, 0.6) is 11.6 Å². The lowest BCUT2D eigenvalue weighted by Crippen LogP contribution is -2.41. The molecule has 0 spiro atoms. The van der Waals surface area contributed by atoms with Crippen molar-refractivity contribution in [1.29, 1.82) is 0 Å². The first kappa shape index (κ1) is 17.0. The van der Waals surface area contributed by atoms with Gasteiger partial charge in [-0.05, 0) is 24.1 Å². The molecule has 1 amide bonds. The van der Waals surface area contributed by atoms with Crippen molar-refractivity contribution >= 4 is 5.91 Å². The van der Waals surface area contributed by atoms with E-state index in [9.17, 15) is 19.1 Å². The van der Waals surface area contributed by atoms with Crippen LogP contribution in [0.2, 0.25) is 0 Å². The molecule has 0 saturated carbocycles. The lowest BCUT2D eigenvalue weighted by molar-refractivity contribution is 0.0674. The molecule has 2 aromatic rings. The van der Waals surface area contributed by atoms with E-state index in [0.29, 0.717) is 19.7 Å². The molecule has 132 valence electrons. The van der Waals surface area contributed by atoms with Gasteiger partial charge in [0.25, 0.3) is 5.91 Å². The lowest BCUT2D eigenvalue weighted by atomic mass is 10.1. The van der Waals surface area contributed by atoms with Crippen molar-refractivity contribution in [2.75, 3.05) is 13.2 Å². The molecule has 1 N–H and O–H groups in total. The Morgan fingerprint density at radius 2 is 1.92 bits per heavy atom. The fraction of sp³-hybridized carbons (Fsp3) is 0.333. The Labute approximate surface area is 144 Å². The molecule has 0 bridgehead atoms.